The molecule has 0 aliphatic carbocycles. The number of rotatable bonds is 5. The maximum atomic E-state index is 11.5. The Morgan fingerprint density at radius 3 is 2.47 bits per heavy atom. The number of ether oxygens (including phenoxy) is 1. The number of carbonyl (C=O) groups is 1. The minimum absolute atomic E-state index is 0. The molecule has 174 valence electrons. The standard InChI is InChI=1S/C24H33N5O2.HI/c1-17-7-6-8-22(18(17)2)28-11-13-29(14-12-28)24(25-4)26-16-20-9-10-23(31-5)21(15-20)27-19(3)30;/h6-10,15H,11-14,16H2,1-5H3,(H,25,26)(H,27,30);1H. The van der Waals surface area contributed by atoms with E-state index in [1.54, 1.807) is 7.11 Å². The smallest absolute Gasteiger partial charge is 0.221 e. The highest BCUT2D eigenvalue weighted by Gasteiger charge is 2.21. The third kappa shape index (κ3) is 6.27. The maximum Gasteiger partial charge on any atom is 0.221 e. The molecule has 8 heteroatoms. The average molecular weight is 551 g/mol. The van der Waals surface area contributed by atoms with E-state index in [-0.39, 0.29) is 29.9 Å². The van der Waals surface area contributed by atoms with E-state index in [4.69, 9.17) is 4.74 Å². The summed E-state index contributed by atoms with van der Waals surface area (Å²) in [6, 6.07) is 12.3. The van der Waals surface area contributed by atoms with Crippen LogP contribution in [-0.4, -0.2) is 57.1 Å². The number of carbonyl (C=O) groups excluding carboxylic acids is 1. The number of hydrogen-bond acceptors (Lipinski definition) is 4. The maximum absolute atomic E-state index is 11.5. The normalized spacial score (nSPS) is 14.0. The van der Waals surface area contributed by atoms with Gasteiger partial charge < -0.3 is 25.2 Å². The molecular weight excluding hydrogens is 517 g/mol. The summed E-state index contributed by atoms with van der Waals surface area (Å²) in [5.74, 6) is 1.41. The van der Waals surface area contributed by atoms with Gasteiger partial charge in [0.2, 0.25) is 5.91 Å². The van der Waals surface area contributed by atoms with E-state index in [1.807, 2.05) is 25.2 Å². The zero-order valence-electron chi connectivity index (χ0n) is 19.6. The van der Waals surface area contributed by atoms with Crippen LogP contribution in [0.1, 0.15) is 23.6 Å². The van der Waals surface area contributed by atoms with Gasteiger partial charge in [-0.3, -0.25) is 9.79 Å². The second kappa shape index (κ2) is 11.9. The van der Waals surface area contributed by atoms with Crippen LogP contribution < -0.4 is 20.3 Å². The Labute approximate surface area is 208 Å². The van der Waals surface area contributed by atoms with Crippen molar-refractivity contribution in [1.29, 1.82) is 0 Å². The SMILES string of the molecule is CN=C(NCc1ccc(OC)c(NC(C)=O)c1)N1CCN(c2cccc(C)c2C)CC1.I. The number of guanidine groups is 1. The van der Waals surface area contributed by atoms with Crippen LogP contribution in [0.4, 0.5) is 11.4 Å². The van der Waals surface area contributed by atoms with Gasteiger partial charge in [0.25, 0.3) is 0 Å². The summed E-state index contributed by atoms with van der Waals surface area (Å²) >= 11 is 0. The van der Waals surface area contributed by atoms with Crippen LogP contribution >= 0.6 is 24.0 Å². The van der Waals surface area contributed by atoms with Crippen molar-refractivity contribution in [3.8, 4) is 5.75 Å². The minimum atomic E-state index is -0.124. The first-order valence-corrected chi connectivity index (χ1v) is 10.6. The van der Waals surface area contributed by atoms with E-state index < -0.39 is 0 Å². The van der Waals surface area contributed by atoms with Crippen LogP contribution in [0.3, 0.4) is 0 Å². The first-order valence-electron chi connectivity index (χ1n) is 10.6. The number of nitrogens with zero attached hydrogens (tertiary/aromatic N) is 3. The molecule has 0 radical (unpaired) electrons. The molecule has 1 aliphatic heterocycles. The number of benzene rings is 2. The number of aliphatic imine (C=N–C) groups is 1. The number of amides is 1. The molecule has 7 nitrogen and oxygen atoms in total. The molecule has 1 heterocycles. The Bertz CT molecular complexity index is 955. The van der Waals surface area contributed by atoms with Crippen LogP contribution in [0.15, 0.2) is 41.4 Å². The summed E-state index contributed by atoms with van der Waals surface area (Å²) < 4.78 is 5.33. The Morgan fingerprint density at radius 2 is 1.84 bits per heavy atom. The largest absolute Gasteiger partial charge is 0.495 e. The van der Waals surface area contributed by atoms with Gasteiger partial charge in [0.15, 0.2) is 5.96 Å². The third-order valence-electron chi connectivity index (χ3n) is 5.73. The molecule has 3 rings (SSSR count). The van der Waals surface area contributed by atoms with Crippen LogP contribution in [0.25, 0.3) is 0 Å². The van der Waals surface area contributed by atoms with E-state index in [1.165, 1.54) is 23.7 Å². The van der Waals surface area contributed by atoms with Crippen LogP contribution in [-0.2, 0) is 11.3 Å². The molecule has 0 spiro atoms. The van der Waals surface area contributed by atoms with Gasteiger partial charge in [-0.2, -0.15) is 0 Å². The Kier molecular flexibility index (Phi) is 9.61. The molecule has 1 fully saturated rings. The second-order valence-corrected chi connectivity index (χ2v) is 7.81. The van der Waals surface area contributed by atoms with Gasteiger partial charge in [-0.05, 0) is 48.7 Å². The van der Waals surface area contributed by atoms with Crippen molar-refractivity contribution in [2.24, 2.45) is 4.99 Å². The molecule has 1 aliphatic rings. The molecule has 0 bridgehead atoms. The van der Waals surface area contributed by atoms with Crippen molar-refractivity contribution in [3.05, 3.63) is 53.1 Å². The number of piperazine rings is 1. The topological polar surface area (TPSA) is 69.2 Å². The van der Waals surface area contributed by atoms with Gasteiger partial charge in [0.05, 0.1) is 12.8 Å². The molecule has 0 atom stereocenters. The number of aryl methyl sites for hydroxylation is 1. The Hall–Kier alpha value is -2.49. The fraction of sp³-hybridized carbons (Fsp3) is 0.417. The van der Waals surface area contributed by atoms with Gasteiger partial charge in [0.1, 0.15) is 5.75 Å². The summed E-state index contributed by atoms with van der Waals surface area (Å²) in [5, 5.41) is 6.27. The lowest BCUT2D eigenvalue weighted by Crippen LogP contribution is -2.52. The molecule has 0 aromatic heterocycles. The molecule has 0 unspecified atom stereocenters. The van der Waals surface area contributed by atoms with E-state index in [2.05, 4.69) is 57.5 Å². The highest BCUT2D eigenvalue weighted by atomic mass is 127. The van der Waals surface area contributed by atoms with Gasteiger partial charge in [-0.15, -0.1) is 24.0 Å². The lowest BCUT2D eigenvalue weighted by atomic mass is 10.1. The first kappa shape index (κ1) is 25.8. The number of hydrogen-bond donors (Lipinski definition) is 2. The summed E-state index contributed by atoms with van der Waals surface area (Å²) in [7, 11) is 3.41. The van der Waals surface area contributed by atoms with Crippen LogP contribution in [0.2, 0.25) is 0 Å². The highest BCUT2D eigenvalue weighted by molar-refractivity contribution is 14.0. The Balaban J connectivity index is 0.00000363. The summed E-state index contributed by atoms with van der Waals surface area (Å²) in [4.78, 5) is 20.7. The average Bonchev–Trinajstić information content (AvgIpc) is 2.76. The summed E-state index contributed by atoms with van der Waals surface area (Å²) in [6.07, 6.45) is 0. The van der Waals surface area contributed by atoms with Gasteiger partial charge in [0, 0.05) is 52.4 Å². The van der Waals surface area contributed by atoms with Crippen molar-refractivity contribution < 1.29 is 9.53 Å². The van der Waals surface area contributed by atoms with E-state index in [0.717, 1.165) is 37.7 Å². The first-order chi connectivity index (χ1) is 14.9. The zero-order valence-corrected chi connectivity index (χ0v) is 21.9. The molecule has 1 saturated heterocycles. The number of methoxy groups -OCH3 is 1. The van der Waals surface area contributed by atoms with Crippen molar-refractivity contribution in [2.75, 3.05) is 50.6 Å². The molecular formula is C24H34IN5O2. The van der Waals surface area contributed by atoms with Crippen LogP contribution in [0, 0.1) is 13.8 Å². The fourth-order valence-electron chi connectivity index (χ4n) is 3.90. The lowest BCUT2D eigenvalue weighted by Gasteiger charge is -2.38. The molecule has 2 aromatic rings. The quantitative estimate of drug-likeness (QED) is 0.337. The molecule has 1 amide bonds. The number of halogens is 1. The van der Waals surface area contributed by atoms with Crippen molar-refractivity contribution >= 4 is 47.2 Å². The summed E-state index contributed by atoms with van der Waals surface area (Å²) in [6.45, 7) is 10.2. The molecule has 2 N–H and O–H groups in total. The van der Waals surface area contributed by atoms with Gasteiger partial charge in [-0.25, -0.2) is 0 Å². The lowest BCUT2D eigenvalue weighted by molar-refractivity contribution is -0.114. The molecule has 0 saturated carbocycles. The summed E-state index contributed by atoms with van der Waals surface area (Å²) in [5.41, 5.74) is 5.72. The van der Waals surface area contributed by atoms with E-state index >= 15 is 0 Å². The number of anilines is 2. The Morgan fingerprint density at radius 1 is 1.12 bits per heavy atom. The van der Waals surface area contributed by atoms with Crippen LogP contribution in [0.5, 0.6) is 5.75 Å². The van der Waals surface area contributed by atoms with Crippen molar-refractivity contribution in [2.45, 2.75) is 27.3 Å². The highest BCUT2D eigenvalue weighted by Crippen LogP contribution is 2.26. The predicted molar refractivity (Wildman–Crippen MR) is 143 cm³/mol. The van der Waals surface area contributed by atoms with E-state index in [0.29, 0.717) is 18.0 Å². The van der Waals surface area contributed by atoms with Crippen molar-refractivity contribution in [3.63, 3.8) is 0 Å². The van der Waals surface area contributed by atoms with Gasteiger partial charge in [-0.1, -0.05) is 18.2 Å². The monoisotopic (exact) mass is 551 g/mol. The minimum Gasteiger partial charge on any atom is -0.495 e. The predicted octanol–water partition coefficient (Wildman–Crippen LogP) is 3.79. The molecule has 2 aromatic carbocycles. The molecule has 32 heavy (non-hydrogen) atoms. The van der Waals surface area contributed by atoms with E-state index in [9.17, 15) is 4.79 Å². The number of nitrogens with one attached hydrogen (secondary N) is 2. The van der Waals surface area contributed by atoms with Gasteiger partial charge >= 0.3 is 0 Å². The second-order valence-electron chi connectivity index (χ2n) is 7.81. The van der Waals surface area contributed by atoms with Crippen molar-refractivity contribution in [1.82, 2.24) is 10.2 Å². The fourth-order valence-corrected chi connectivity index (χ4v) is 3.90. The third-order valence-corrected chi connectivity index (χ3v) is 5.73. The zero-order chi connectivity index (χ0) is 22.4.